The van der Waals surface area contributed by atoms with Crippen molar-refractivity contribution in [2.24, 2.45) is 0 Å². The van der Waals surface area contributed by atoms with Gasteiger partial charge in [0.1, 0.15) is 17.6 Å². The molecule has 1 N–H and O–H groups in total. The summed E-state index contributed by atoms with van der Waals surface area (Å²) in [6.07, 6.45) is 3.27. The van der Waals surface area contributed by atoms with Gasteiger partial charge >= 0.3 is 0 Å². The third kappa shape index (κ3) is 3.68. The molecular formula is C16H19N3O4. The maximum atomic E-state index is 12.4. The summed E-state index contributed by atoms with van der Waals surface area (Å²) in [5.41, 5.74) is 0.295. The molecule has 2 aromatic rings. The van der Waals surface area contributed by atoms with Crippen LogP contribution in [-0.4, -0.2) is 51.4 Å². The van der Waals surface area contributed by atoms with E-state index in [0.29, 0.717) is 43.1 Å². The Balaban J connectivity index is 1.64. The monoisotopic (exact) mass is 317 g/mol. The fourth-order valence-corrected chi connectivity index (χ4v) is 2.62. The molecule has 0 saturated carbocycles. The Bertz CT molecular complexity index is 658. The van der Waals surface area contributed by atoms with Gasteiger partial charge in [-0.05, 0) is 25.5 Å². The van der Waals surface area contributed by atoms with Gasteiger partial charge in [0, 0.05) is 31.8 Å². The minimum atomic E-state index is -0.632. The van der Waals surface area contributed by atoms with E-state index in [1.165, 1.54) is 0 Å². The van der Waals surface area contributed by atoms with E-state index in [1.54, 1.807) is 42.4 Å². The van der Waals surface area contributed by atoms with Crippen molar-refractivity contribution in [2.75, 3.05) is 13.1 Å². The molecule has 7 nitrogen and oxygen atoms in total. The number of likely N-dealkylation sites (tertiary alicyclic amines) is 1. The van der Waals surface area contributed by atoms with Crippen LogP contribution in [0.2, 0.25) is 0 Å². The fraction of sp³-hybridized carbons (Fsp3) is 0.438. The van der Waals surface area contributed by atoms with E-state index in [2.05, 4.69) is 10.1 Å². The van der Waals surface area contributed by atoms with Crippen molar-refractivity contribution in [2.45, 2.75) is 32.0 Å². The number of aromatic nitrogens is 2. The maximum Gasteiger partial charge on any atom is 0.276 e. The highest BCUT2D eigenvalue weighted by Gasteiger charge is 2.29. The lowest BCUT2D eigenvalue weighted by atomic mass is 10.1. The number of hydrogen-bond acceptors (Lipinski definition) is 6. The molecule has 0 spiro atoms. The molecule has 122 valence electrons. The smallest absolute Gasteiger partial charge is 0.276 e. The first kappa shape index (κ1) is 15.5. The SMILES string of the molecule is Cc1cc(C(=O)N2CC[C@H](Oc3cccnc3)[C@@H](O)CC2)no1. The van der Waals surface area contributed by atoms with Gasteiger partial charge in [-0.3, -0.25) is 9.78 Å². The Morgan fingerprint density at radius 2 is 2.26 bits per heavy atom. The lowest BCUT2D eigenvalue weighted by Gasteiger charge is -2.21. The summed E-state index contributed by atoms with van der Waals surface area (Å²) >= 11 is 0. The third-order valence-electron chi connectivity index (χ3n) is 3.86. The van der Waals surface area contributed by atoms with Crippen molar-refractivity contribution in [3.05, 3.63) is 42.0 Å². The van der Waals surface area contributed by atoms with Gasteiger partial charge in [-0.2, -0.15) is 0 Å². The number of hydrogen-bond donors (Lipinski definition) is 1. The van der Waals surface area contributed by atoms with Crippen LogP contribution in [0.5, 0.6) is 5.75 Å². The van der Waals surface area contributed by atoms with E-state index in [-0.39, 0.29) is 12.0 Å². The molecule has 0 aromatic carbocycles. The number of ether oxygens (including phenoxy) is 1. The van der Waals surface area contributed by atoms with Gasteiger partial charge in [-0.15, -0.1) is 0 Å². The minimum absolute atomic E-state index is 0.184. The number of aliphatic hydroxyl groups excluding tert-OH is 1. The maximum absolute atomic E-state index is 12.4. The fourth-order valence-electron chi connectivity index (χ4n) is 2.62. The van der Waals surface area contributed by atoms with Crippen LogP contribution >= 0.6 is 0 Å². The van der Waals surface area contributed by atoms with Crippen LogP contribution in [0, 0.1) is 6.92 Å². The van der Waals surface area contributed by atoms with Crippen LogP contribution in [0.15, 0.2) is 35.1 Å². The summed E-state index contributed by atoms with van der Waals surface area (Å²) in [7, 11) is 0. The van der Waals surface area contributed by atoms with E-state index >= 15 is 0 Å². The highest BCUT2D eigenvalue weighted by Crippen LogP contribution is 2.20. The third-order valence-corrected chi connectivity index (χ3v) is 3.86. The van der Waals surface area contributed by atoms with Crippen molar-refractivity contribution in [3.8, 4) is 5.75 Å². The minimum Gasteiger partial charge on any atom is -0.486 e. The van der Waals surface area contributed by atoms with Crippen molar-refractivity contribution < 1.29 is 19.2 Å². The Morgan fingerprint density at radius 3 is 2.96 bits per heavy atom. The Labute approximate surface area is 133 Å². The first-order chi connectivity index (χ1) is 11.1. The predicted octanol–water partition coefficient (Wildman–Crippen LogP) is 1.42. The molecule has 7 heteroatoms. The number of nitrogens with zero attached hydrogens (tertiary/aromatic N) is 3. The number of pyridine rings is 1. The molecule has 0 radical (unpaired) electrons. The number of carbonyl (C=O) groups excluding carboxylic acids is 1. The van der Waals surface area contributed by atoms with Gasteiger partial charge < -0.3 is 19.3 Å². The Hall–Kier alpha value is -2.41. The first-order valence-electron chi connectivity index (χ1n) is 7.61. The van der Waals surface area contributed by atoms with Crippen molar-refractivity contribution in [3.63, 3.8) is 0 Å². The highest BCUT2D eigenvalue weighted by molar-refractivity contribution is 5.92. The van der Waals surface area contributed by atoms with Crippen LogP contribution in [0.1, 0.15) is 29.1 Å². The van der Waals surface area contributed by atoms with Crippen LogP contribution < -0.4 is 4.74 Å². The van der Waals surface area contributed by atoms with E-state index in [4.69, 9.17) is 9.26 Å². The van der Waals surface area contributed by atoms with Crippen LogP contribution in [0.25, 0.3) is 0 Å². The topological polar surface area (TPSA) is 88.7 Å². The molecule has 3 rings (SSSR count). The molecule has 0 bridgehead atoms. The summed E-state index contributed by atoms with van der Waals surface area (Å²) < 4.78 is 10.8. The zero-order chi connectivity index (χ0) is 16.2. The largest absolute Gasteiger partial charge is 0.486 e. The van der Waals surface area contributed by atoms with Gasteiger partial charge in [-0.1, -0.05) is 5.16 Å². The Kier molecular flexibility index (Phi) is 4.57. The summed E-state index contributed by atoms with van der Waals surface area (Å²) in [4.78, 5) is 18.1. The second-order valence-electron chi connectivity index (χ2n) is 5.60. The normalized spacial score (nSPS) is 21.7. The lowest BCUT2D eigenvalue weighted by molar-refractivity contribution is 0.0348. The number of amides is 1. The molecule has 2 atom stereocenters. The zero-order valence-electron chi connectivity index (χ0n) is 12.9. The van der Waals surface area contributed by atoms with Crippen LogP contribution in [0.3, 0.4) is 0 Å². The molecule has 1 aliphatic rings. The molecule has 23 heavy (non-hydrogen) atoms. The molecule has 1 amide bonds. The van der Waals surface area contributed by atoms with E-state index < -0.39 is 6.10 Å². The van der Waals surface area contributed by atoms with E-state index in [0.717, 1.165) is 0 Å². The molecule has 1 aliphatic heterocycles. The number of carbonyl (C=O) groups is 1. The van der Waals surface area contributed by atoms with Crippen LogP contribution in [0.4, 0.5) is 0 Å². The average Bonchev–Trinajstić information content (AvgIpc) is 2.92. The van der Waals surface area contributed by atoms with Crippen molar-refractivity contribution in [1.29, 1.82) is 0 Å². The molecule has 1 fully saturated rings. The second-order valence-corrected chi connectivity index (χ2v) is 5.60. The van der Waals surface area contributed by atoms with Gasteiger partial charge in [0.15, 0.2) is 5.69 Å². The average molecular weight is 317 g/mol. The van der Waals surface area contributed by atoms with Crippen LogP contribution in [-0.2, 0) is 0 Å². The molecule has 0 aliphatic carbocycles. The van der Waals surface area contributed by atoms with E-state index in [9.17, 15) is 9.90 Å². The van der Waals surface area contributed by atoms with Crippen molar-refractivity contribution >= 4 is 5.91 Å². The second kappa shape index (κ2) is 6.78. The lowest BCUT2D eigenvalue weighted by Crippen LogP contribution is -2.32. The summed E-state index contributed by atoms with van der Waals surface area (Å²) in [5, 5.41) is 14.0. The predicted molar refractivity (Wildman–Crippen MR) is 81.0 cm³/mol. The summed E-state index contributed by atoms with van der Waals surface area (Å²) in [6, 6.07) is 5.19. The van der Waals surface area contributed by atoms with Crippen molar-refractivity contribution in [1.82, 2.24) is 15.0 Å². The highest BCUT2D eigenvalue weighted by atomic mass is 16.5. The van der Waals surface area contributed by atoms with Gasteiger partial charge in [0.2, 0.25) is 0 Å². The van der Waals surface area contributed by atoms with Gasteiger partial charge in [0.05, 0.1) is 12.3 Å². The molecular weight excluding hydrogens is 298 g/mol. The standard InChI is InChI=1S/C16H19N3O4/c1-11-9-13(18-23-11)16(21)19-7-4-14(20)15(5-8-19)22-12-3-2-6-17-10-12/h2-3,6,9-10,14-15,20H,4-5,7-8H2,1H3/t14-,15-/m0/s1. The molecule has 3 heterocycles. The summed E-state index contributed by atoms with van der Waals surface area (Å²) in [6.45, 7) is 2.69. The van der Waals surface area contributed by atoms with E-state index in [1.807, 2.05) is 0 Å². The molecule has 2 aromatic heterocycles. The zero-order valence-corrected chi connectivity index (χ0v) is 12.9. The number of aryl methyl sites for hydroxylation is 1. The number of rotatable bonds is 3. The van der Waals surface area contributed by atoms with Gasteiger partial charge in [0.25, 0.3) is 5.91 Å². The quantitative estimate of drug-likeness (QED) is 0.921. The molecule has 1 saturated heterocycles. The number of aliphatic hydroxyl groups is 1. The molecule has 0 unspecified atom stereocenters. The first-order valence-corrected chi connectivity index (χ1v) is 7.61. The summed E-state index contributed by atoms with van der Waals surface area (Å²) in [5.74, 6) is 1.03. The van der Waals surface area contributed by atoms with Gasteiger partial charge in [-0.25, -0.2) is 0 Å². The Morgan fingerprint density at radius 1 is 1.43 bits per heavy atom.